The highest BCUT2D eigenvalue weighted by Gasteiger charge is 2.16. The highest BCUT2D eigenvalue weighted by Crippen LogP contribution is 2.35. The molecule has 4 nitrogen and oxygen atoms in total. The minimum absolute atomic E-state index is 0.572. The third-order valence-electron chi connectivity index (χ3n) is 4.03. The van der Waals surface area contributed by atoms with E-state index in [1.54, 1.807) is 12.3 Å². The van der Waals surface area contributed by atoms with Gasteiger partial charge in [0.1, 0.15) is 0 Å². The first-order valence-electron chi connectivity index (χ1n) is 6.68. The summed E-state index contributed by atoms with van der Waals surface area (Å²) < 4.78 is 1.01. The summed E-state index contributed by atoms with van der Waals surface area (Å²) in [5.41, 5.74) is 3.20. The molecule has 0 amide bonds. The van der Waals surface area contributed by atoms with E-state index >= 15 is 0 Å². The lowest BCUT2D eigenvalue weighted by Gasteiger charge is -2.09. The zero-order chi connectivity index (χ0) is 14.6. The fraction of sp³-hybridized carbons (Fsp3) is 0.0588. The zero-order valence-corrected chi connectivity index (χ0v) is 11.4. The number of pyridine rings is 1. The summed E-state index contributed by atoms with van der Waals surface area (Å²) in [7, 11) is 0. The van der Waals surface area contributed by atoms with Gasteiger partial charge in [-0.1, -0.05) is 18.2 Å². The number of fused-ring (bicyclic) bond motifs is 4. The predicted octanol–water partition coefficient (Wildman–Crippen LogP) is 3.70. The van der Waals surface area contributed by atoms with Crippen LogP contribution in [0.15, 0.2) is 42.7 Å². The zero-order valence-electron chi connectivity index (χ0n) is 11.4. The van der Waals surface area contributed by atoms with E-state index in [0.717, 1.165) is 49.2 Å². The molecule has 102 valence electrons. The number of aryl methyl sites for hydroxylation is 1. The van der Waals surface area contributed by atoms with Crippen LogP contribution in [0.4, 0.5) is 0 Å². The van der Waals surface area contributed by atoms with Gasteiger partial charge in [0.05, 0.1) is 17.2 Å². The Bertz CT molecular complexity index is 1030. The average Bonchev–Trinajstić information content (AvgIpc) is 2.88. The van der Waals surface area contributed by atoms with Gasteiger partial charge in [0.2, 0.25) is 0 Å². The molecule has 0 saturated heterocycles. The Hall–Kier alpha value is -2.88. The summed E-state index contributed by atoms with van der Waals surface area (Å²) in [5, 5.41) is 13.3. The minimum Gasteiger partial charge on any atom is -0.429 e. The minimum atomic E-state index is 0.572. The van der Waals surface area contributed by atoms with Crippen molar-refractivity contribution in [3.8, 4) is 0 Å². The first kappa shape index (κ1) is 11.9. The highest BCUT2D eigenvalue weighted by atomic mass is 16.5. The molecule has 0 saturated carbocycles. The molecule has 2 heterocycles. The van der Waals surface area contributed by atoms with E-state index in [1.165, 1.54) is 6.20 Å². The van der Waals surface area contributed by atoms with Gasteiger partial charge < -0.3 is 5.21 Å². The molecule has 0 unspecified atom stereocenters. The van der Waals surface area contributed by atoms with Gasteiger partial charge in [0, 0.05) is 27.9 Å². The van der Waals surface area contributed by atoms with Gasteiger partial charge in [-0.3, -0.25) is 4.79 Å². The summed E-state index contributed by atoms with van der Waals surface area (Å²) in [5.74, 6) is 0. The van der Waals surface area contributed by atoms with Crippen molar-refractivity contribution >= 4 is 38.9 Å². The number of aldehydes is 1. The molecule has 0 aliphatic rings. The van der Waals surface area contributed by atoms with Crippen molar-refractivity contribution in [2.75, 3.05) is 0 Å². The van der Waals surface area contributed by atoms with Crippen LogP contribution >= 0.6 is 0 Å². The quantitative estimate of drug-likeness (QED) is 0.426. The van der Waals surface area contributed by atoms with Crippen molar-refractivity contribution in [1.82, 2.24) is 9.71 Å². The monoisotopic (exact) mass is 276 g/mol. The van der Waals surface area contributed by atoms with Gasteiger partial charge in [-0.15, -0.1) is 0 Å². The molecule has 4 aromatic rings. The second-order valence-corrected chi connectivity index (χ2v) is 5.16. The van der Waals surface area contributed by atoms with Crippen molar-refractivity contribution in [2.45, 2.75) is 6.92 Å². The second kappa shape index (κ2) is 4.06. The molecule has 1 N–H and O–H groups in total. The number of hydrogen-bond donors (Lipinski definition) is 1. The molecule has 0 aliphatic heterocycles. The van der Waals surface area contributed by atoms with E-state index in [1.807, 2.05) is 31.2 Å². The maximum Gasteiger partial charge on any atom is 0.152 e. The predicted molar refractivity (Wildman–Crippen MR) is 82.1 cm³/mol. The van der Waals surface area contributed by atoms with E-state index in [0.29, 0.717) is 5.56 Å². The van der Waals surface area contributed by atoms with Crippen molar-refractivity contribution in [2.24, 2.45) is 0 Å². The first-order chi connectivity index (χ1) is 10.2. The molecule has 0 fully saturated rings. The van der Waals surface area contributed by atoms with E-state index < -0.39 is 0 Å². The summed E-state index contributed by atoms with van der Waals surface area (Å²) in [4.78, 5) is 16.2. The summed E-state index contributed by atoms with van der Waals surface area (Å²) in [6.45, 7) is 1.99. The number of hydrogen-bond acceptors (Lipinski definition) is 3. The molecule has 0 spiro atoms. The van der Waals surface area contributed by atoms with E-state index in [4.69, 9.17) is 0 Å². The van der Waals surface area contributed by atoms with Crippen LogP contribution in [0.1, 0.15) is 15.9 Å². The van der Waals surface area contributed by atoms with Crippen LogP contribution in [0.5, 0.6) is 0 Å². The Labute approximate surface area is 120 Å². The van der Waals surface area contributed by atoms with Crippen LogP contribution in [0.2, 0.25) is 0 Å². The molecular weight excluding hydrogens is 264 g/mol. The molecule has 21 heavy (non-hydrogen) atoms. The molecule has 0 atom stereocenters. The fourth-order valence-corrected chi connectivity index (χ4v) is 3.06. The van der Waals surface area contributed by atoms with Gasteiger partial charge in [-0.2, -0.15) is 0 Å². The lowest BCUT2D eigenvalue weighted by atomic mass is 9.97. The lowest BCUT2D eigenvalue weighted by Crippen LogP contribution is -1.95. The summed E-state index contributed by atoms with van der Waals surface area (Å²) >= 11 is 0. The number of carbonyl (C=O) groups excluding carboxylic acids is 1. The average molecular weight is 276 g/mol. The fourth-order valence-electron chi connectivity index (χ4n) is 3.06. The molecule has 0 bridgehead atoms. The molecule has 4 heteroatoms. The van der Waals surface area contributed by atoms with Gasteiger partial charge in [0.25, 0.3) is 0 Å². The van der Waals surface area contributed by atoms with Crippen LogP contribution in [-0.4, -0.2) is 21.2 Å². The Morgan fingerprint density at radius 3 is 2.76 bits per heavy atom. The first-order valence-corrected chi connectivity index (χ1v) is 6.68. The van der Waals surface area contributed by atoms with E-state index in [9.17, 15) is 10.0 Å². The summed E-state index contributed by atoms with van der Waals surface area (Å²) in [6.07, 6.45) is 3.99. The molecule has 0 radical (unpaired) electrons. The standard InChI is InChI=1S/C17H12N2O2/c1-10-13-8-19(21)7-6-11(13)14(9-20)17-16(10)12-4-2-3-5-15(12)18-17/h2-9,21H,1H3. The van der Waals surface area contributed by atoms with Crippen molar-refractivity contribution in [3.05, 3.63) is 53.9 Å². The smallest absolute Gasteiger partial charge is 0.152 e. The molecule has 4 rings (SSSR count). The third-order valence-corrected chi connectivity index (χ3v) is 4.03. The Morgan fingerprint density at radius 1 is 1.14 bits per heavy atom. The Morgan fingerprint density at radius 2 is 1.95 bits per heavy atom. The third kappa shape index (κ3) is 1.50. The van der Waals surface area contributed by atoms with Gasteiger partial charge in [-0.05, 0) is 30.0 Å². The van der Waals surface area contributed by atoms with Crippen molar-refractivity contribution in [1.29, 1.82) is 0 Å². The van der Waals surface area contributed by atoms with E-state index in [-0.39, 0.29) is 0 Å². The Kier molecular flexibility index (Phi) is 2.30. The molecular formula is C17H12N2O2. The number of aromatic nitrogens is 2. The van der Waals surface area contributed by atoms with Crippen LogP contribution in [0.25, 0.3) is 32.6 Å². The second-order valence-electron chi connectivity index (χ2n) is 5.16. The van der Waals surface area contributed by atoms with Gasteiger partial charge >= 0.3 is 0 Å². The number of nitrogens with zero attached hydrogens (tertiary/aromatic N) is 2. The number of para-hydroxylation sites is 1. The SMILES string of the molecule is Cc1c2cn(O)ccc2c(C=O)c2nc3ccccc3c12. The number of carbonyl (C=O) groups is 1. The molecule has 2 aromatic heterocycles. The van der Waals surface area contributed by atoms with Gasteiger partial charge in [-0.25, -0.2) is 9.71 Å². The van der Waals surface area contributed by atoms with Crippen molar-refractivity contribution < 1.29 is 10.0 Å². The summed E-state index contributed by atoms with van der Waals surface area (Å²) in [6, 6.07) is 9.59. The van der Waals surface area contributed by atoms with E-state index in [2.05, 4.69) is 4.98 Å². The van der Waals surface area contributed by atoms with Crippen LogP contribution in [0.3, 0.4) is 0 Å². The number of benzene rings is 2. The maximum atomic E-state index is 11.6. The van der Waals surface area contributed by atoms with Gasteiger partial charge in [0.15, 0.2) is 6.29 Å². The topological polar surface area (TPSA) is 55.1 Å². The number of rotatable bonds is 1. The maximum absolute atomic E-state index is 11.6. The van der Waals surface area contributed by atoms with Crippen LogP contribution in [-0.2, 0) is 0 Å². The molecule has 0 aliphatic carbocycles. The highest BCUT2D eigenvalue weighted by molar-refractivity contribution is 6.21. The van der Waals surface area contributed by atoms with Crippen LogP contribution < -0.4 is 0 Å². The molecule has 2 aromatic carbocycles. The lowest BCUT2D eigenvalue weighted by molar-refractivity contribution is 0.112. The largest absolute Gasteiger partial charge is 0.429 e. The Balaban J connectivity index is 2.38. The normalized spacial score (nSPS) is 11.5. The van der Waals surface area contributed by atoms with Crippen LogP contribution in [0, 0.1) is 6.92 Å². The van der Waals surface area contributed by atoms with Crippen molar-refractivity contribution in [3.63, 3.8) is 0 Å².